The van der Waals surface area contributed by atoms with Gasteiger partial charge in [0, 0.05) is 13.1 Å². The van der Waals surface area contributed by atoms with E-state index in [4.69, 9.17) is 15.2 Å². The second kappa shape index (κ2) is 5.33. The summed E-state index contributed by atoms with van der Waals surface area (Å²) >= 11 is 0. The Hall–Kier alpha value is -1.33. The zero-order valence-corrected chi connectivity index (χ0v) is 10.3. The van der Waals surface area contributed by atoms with Crippen LogP contribution in [0.3, 0.4) is 0 Å². The number of nitrogens with zero attached hydrogens (tertiary/aromatic N) is 2. The molecule has 1 aromatic heterocycles. The fourth-order valence-electron chi connectivity index (χ4n) is 1.94. The Kier molecular flexibility index (Phi) is 3.81. The van der Waals surface area contributed by atoms with E-state index < -0.39 is 0 Å². The Balaban J connectivity index is 2.12. The SMILES string of the molecule is COc1ccc(N2CC(CN)OCC2C)nc1. The molecular weight excluding hydrogens is 218 g/mol. The van der Waals surface area contributed by atoms with Gasteiger partial charge < -0.3 is 20.1 Å². The molecule has 0 saturated carbocycles. The highest BCUT2D eigenvalue weighted by atomic mass is 16.5. The molecule has 2 N–H and O–H groups in total. The molecule has 0 amide bonds. The molecule has 1 saturated heterocycles. The van der Waals surface area contributed by atoms with Crippen molar-refractivity contribution in [2.75, 3.05) is 31.7 Å². The van der Waals surface area contributed by atoms with Crippen LogP contribution in [-0.2, 0) is 4.74 Å². The third-order valence-electron chi connectivity index (χ3n) is 3.02. The van der Waals surface area contributed by atoms with Gasteiger partial charge in [-0.1, -0.05) is 0 Å². The number of rotatable bonds is 3. The van der Waals surface area contributed by atoms with Gasteiger partial charge in [-0.15, -0.1) is 0 Å². The maximum absolute atomic E-state index is 5.64. The van der Waals surface area contributed by atoms with Crippen LogP contribution in [0.2, 0.25) is 0 Å². The van der Waals surface area contributed by atoms with Gasteiger partial charge in [-0.3, -0.25) is 0 Å². The zero-order chi connectivity index (χ0) is 12.3. The number of hydrogen-bond donors (Lipinski definition) is 1. The molecule has 1 fully saturated rings. The molecule has 0 radical (unpaired) electrons. The summed E-state index contributed by atoms with van der Waals surface area (Å²) in [5, 5.41) is 0. The minimum Gasteiger partial charge on any atom is -0.495 e. The Morgan fingerprint density at radius 2 is 2.41 bits per heavy atom. The smallest absolute Gasteiger partial charge is 0.137 e. The van der Waals surface area contributed by atoms with Crippen LogP contribution in [0, 0.1) is 0 Å². The fourth-order valence-corrected chi connectivity index (χ4v) is 1.94. The van der Waals surface area contributed by atoms with Crippen molar-refractivity contribution < 1.29 is 9.47 Å². The maximum Gasteiger partial charge on any atom is 0.137 e. The van der Waals surface area contributed by atoms with Crippen molar-refractivity contribution >= 4 is 5.82 Å². The van der Waals surface area contributed by atoms with Crippen LogP contribution in [0.25, 0.3) is 0 Å². The summed E-state index contributed by atoms with van der Waals surface area (Å²) in [5.41, 5.74) is 5.64. The number of anilines is 1. The van der Waals surface area contributed by atoms with E-state index >= 15 is 0 Å². The largest absolute Gasteiger partial charge is 0.495 e. The predicted molar refractivity (Wildman–Crippen MR) is 66.4 cm³/mol. The molecular formula is C12H19N3O2. The summed E-state index contributed by atoms with van der Waals surface area (Å²) in [7, 11) is 1.64. The normalized spacial score (nSPS) is 24.8. The molecule has 1 aliphatic heterocycles. The third kappa shape index (κ3) is 2.68. The zero-order valence-electron chi connectivity index (χ0n) is 10.3. The average molecular weight is 237 g/mol. The average Bonchev–Trinajstić information content (AvgIpc) is 2.39. The minimum atomic E-state index is 0.0927. The van der Waals surface area contributed by atoms with Crippen molar-refractivity contribution in [2.24, 2.45) is 5.73 Å². The molecule has 0 aliphatic carbocycles. The molecule has 5 nitrogen and oxygen atoms in total. The van der Waals surface area contributed by atoms with Crippen molar-refractivity contribution in [1.29, 1.82) is 0 Å². The first-order valence-electron chi connectivity index (χ1n) is 5.83. The Bertz CT molecular complexity index is 355. The monoisotopic (exact) mass is 237 g/mol. The second-order valence-electron chi connectivity index (χ2n) is 4.25. The Morgan fingerprint density at radius 1 is 1.59 bits per heavy atom. The molecule has 94 valence electrons. The summed E-state index contributed by atoms with van der Waals surface area (Å²) in [4.78, 5) is 6.62. The highest BCUT2D eigenvalue weighted by Crippen LogP contribution is 2.21. The minimum absolute atomic E-state index is 0.0927. The van der Waals surface area contributed by atoms with Gasteiger partial charge in [-0.2, -0.15) is 0 Å². The lowest BCUT2D eigenvalue weighted by Gasteiger charge is -2.38. The van der Waals surface area contributed by atoms with Crippen molar-refractivity contribution in [1.82, 2.24) is 4.98 Å². The van der Waals surface area contributed by atoms with Crippen molar-refractivity contribution in [3.8, 4) is 5.75 Å². The molecule has 2 atom stereocenters. The molecule has 2 rings (SSSR count). The Labute approximate surface area is 102 Å². The summed E-state index contributed by atoms with van der Waals surface area (Å²) in [6, 6.07) is 4.20. The molecule has 2 heterocycles. The van der Waals surface area contributed by atoms with Gasteiger partial charge in [0.05, 0.1) is 32.1 Å². The number of ether oxygens (including phenoxy) is 2. The highest BCUT2D eigenvalue weighted by molar-refractivity contribution is 5.42. The number of pyridine rings is 1. The van der Waals surface area contributed by atoms with Crippen LogP contribution < -0.4 is 15.4 Å². The quantitative estimate of drug-likeness (QED) is 0.836. The van der Waals surface area contributed by atoms with E-state index in [0.717, 1.165) is 18.1 Å². The molecule has 17 heavy (non-hydrogen) atoms. The summed E-state index contributed by atoms with van der Waals surface area (Å²) in [6.45, 7) is 4.14. The van der Waals surface area contributed by atoms with Crippen LogP contribution in [0.4, 0.5) is 5.82 Å². The van der Waals surface area contributed by atoms with Gasteiger partial charge in [0.15, 0.2) is 0 Å². The lowest BCUT2D eigenvalue weighted by Crippen LogP contribution is -2.51. The molecule has 1 aromatic rings. The molecule has 2 unspecified atom stereocenters. The number of nitrogens with two attached hydrogens (primary N) is 1. The first-order valence-corrected chi connectivity index (χ1v) is 5.83. The standard InChI is InChI=1S/C12H19N3O2/c1-9-8-17-11(5-13)7-15(9)12-4-3-10(16-2)6-14-12/h3-4,6,9,11H,5,7-8,13H2,1-2H3. The fraction of sp³-hybridized carbons (Fsp3) is 0.583. The molecule has 0 bridgehead atoms. The van der Waals surface area contributed by atoms with E-state index in [2.05, 4.69) is 16.8 Å². The first kappa shape index (κ1) is 12.1. The van der Waals surface area contributed by atoms with Gasteiger partial charge in [0.1, 0.15) is 11.6 Å². The maximum atomic E-state index is 5.64. The summed E-state index contributed by atoms with van der Waals surface area (Å²) in [5.74, 6) is 1.71. The van der Waals surface area contributed by atoms with E-state index in [1.54, 1.807) is 13.3 Å². The predicted octanol–water partition coefficient (Wildman–Crippen LogP) is 0.643. The van der Waals surface area contributed by atoms with E-state index in [0.29, 0.717) is 19.2 Å². The van der Waals surface area contributed by atoms with Gasteiger partial charge >= 0.3 is 0 Å². The van der Waals surface area contributed by atoms with Crippen LogP contribution >= 0.6 is 0 Å². The van der Waals surface area contributed by atoms with E-state index in [1.807, 2.05) is 12.1 Å². The molecule has 0 spiro atoms. The summed E-state index contributed by atoms with van der Waals surface area (Å²) < 4.78 is 10.7. The summed E-state index contributed by atoms with van der Waals surface area (Å²) in [6.07, 6.45) is 1.82. The Morgan fingerprint density at radius 3 is 3.00 bits per heavy atom. The second-order valence-corrected chi connectivity index (χ2v) is 4.25. The van der Waals surface area contributed by atoms with Crippen LogP contribution in [-0.4, -0.2) is 43.9 Å². The van der Waals surface area contributed by atoms with Crippen LogP contribution in [0.5, 0.6) is 5.75 Å². The number of methoxy groups -OCH3 is 1. The van der Waals surface area contributed by atoms with Crippen molar-refractivity contribution in [3.63, 3.8) is 0 Å². The number of aromatic nitrogens is 1. The topological polar surface area (TPSA) is 60.6 Å². The van der Waals surface area contributed by atoms with E-state index in [9.17, 15) is 0 Å². The molecule has 1 aliphatic rings. The molecule has 0 aromatic carbocycles. The van der Waals surface area contributed by atoms with Gasteiger partial charge in [0.25, 0.3) is 0 Å². The lowest BCUT2D eigenvalue weighted by molar-refractivity contribution is 0.0280. The third-order valence-corrected chi connectivity index (χ3v) is 3.02. The van der Waals surface area contributed by atoms with Crippen LogP contribution in [0.15, 0.2) is 18.3 Å². The first-order chi connectivity index (χ1) is 8.24. The van der Waals surface area contributed by atoms with Crippen LogP contribution in [0.1, 0.15) is 6.92 Å². The van der Waals surface area contributed by atoms with Gasteiger partial charge in [-0.25, -0.2) is 4.98 Å². The van der Waals surface area contributed by atoms with E-state index in [1.165, 1.54) is 0 Å². The van der Waals surface area contributed by atoms with E-state index in [-0.39, 0.29) is 6.10 Å². The van der Waals surface area contributed by atoms with Gasteiger partial charge in [0.2, 0.25) is 0 Å². The molecule has 5 heteroatoms. The number of morpholine rings is 1. The van der Waals surface area contributed by atoms with Crippen molar-refractivity contribution in [3.05, 3.63) is 18.3 Å². The number of hydrogen-bond acceptors (Lipinski definition) is 5. The van der Waals surface area contributed by atoms with Crippen molar-refractivity contribution in [2.45, 2.75) is 19.1 Å². The van der Waals surface area contributed by atoms with Gasteiger partial charge in [-0.05, 0) is 19.1 Å². The lowest BCUT2D eigenvalue weighted by atomic mass is 10.2. The highest BCUT2D eigenvalue weighted by Gasteiger charge is 2.26.